The average molecular weight is 826 g/mol. The molecule has 0 radical (unpaired) electrons. The summed E-state index contributed by atoms with van der Waals surface area (Å²) in [6.45, 7) is 0. The highest BCUT2D eigenvalue weighted by molar-refractivity contribution is 6.15. The van der Waals surface area contributed by atoms with Gasteiger partial charge in [-0.25, -0.2) is 0 Å². The maximum absolute atomic E-state index is 12.1. The van der Waals surface area contributed by atoms with E-state index >= 15 is 0 Å². The van der Waals surface area contributed by atoms with Crippen molar-refractivity contribution in [1.82, 2.24) is 13.7 Å². The summed E-state index contributed by atoms with van der Waals surface area (Å²) in [5.41, 5.74) is 12.3. The van der Waals surface area contributed by atoms with Crippen molar-refractivity contribution in [1.29, 1.82) is 10.5 Å². The van der Waals surface area contributed by atoms with Crippen LogP contribution in [0.3, 0.4) is 0 Å². The van der Waals surface area contributed by atoms with Crippen LogP contribution in [0.4, 0.5) is 0 Å². The van der Waals surface area contributed by atoms with E-state index in [2.05, 4.69) is 226 Å². The standard InChI is InChI=1S/C60H35N5/c61-36-49-58(63-55-29-15-10-24-47(55)48-35-41(32-33-56(48)63)38-16-2-1-3-17-38)50(37-62)60(65-53-27-13-8-22-45(53)46-23-9-14-28-54(46)65)57(42-31-30-39-18-4-5-19-40(39)34-42)59(49)64-51-25-11-6-20-43(51)44-21-7-12-26-52(44)64/h1-35H. The molecule has 0 aliphatic heterocycles. The fourth-order valence-electron chi connectivity index (χ4n) is 10.6. The number of benzene rings is 10. The van der Waals surface area contributed by atoms with Crippen molar-refractivity contribution in [3.05, 3.63) is 223 Å². The third kappa shape index (κ3) is 5.25. The highest BCUT2D eigenvalue weighted by Gasteiger charge is 2.33. The average Bonchev–Trinajstić information content (AvgIpc) is 4.01. The molecule has 0 saturated carbocycles. The molecular formula is C60H35N5. The van der Waals surface area contributed by atoms with Gasteiger partial charge >= 0.3 is 0 Å². The van der Waals surface area contributed by atoms with Crippen LogP contribution in [-0.2, 0) is 0 Å². The summed E-state index contributed by atoms with van der Waals surface area (Å²) in [6, 6.07) is 79.6. The van der Waals surface area contributed by atoms with E-state index in [-0.39, 0.29) is 0 Å². The molecule has 13 aromatic rings. The fourth-order valence-corrected chi connectivity index (χ4v) is 10.6. The molecule has 10 aromatic carbocycles. The van der Waals surface area contributed by atoms with Gasteiger partial charge in [0.05, 0.1) is 50.2 Å². The molecule has 0 saturated heterocycles. The lowest BCUT2D eigenvalue weighted by Gasteiger charge is -2.26. The van der Waals surface area contributed by atoms with Crippen LogP contribution in [0.15, 0.2) is 212 Å². The minimum absolute atomic E-state index is 0.399. The molecule has 0 aliphatic rings. The highest BCUT2D eigenvalue weighted by Crippen LogP contribution is 2.49. The van der Waals surface area contributed by atoms with Crippen molar-refractivity contribution < 1.29 is 0 Å². The van der Waals surface area contributed by atoms with Gasteiger partial charge in [-0.05, 0) is 76.0 Å². The molecule has 5 nitrogen and oxygen atoms in total. The van der Waals surface area contributed by atoms with Crippen LogP contribution in [0.25, 0.3) is 116 Å². The molecule has 3 heterocycles. The van der Waals surface area contributed by atoms with E-state index in [0.29, 0.717) is 28.2 Å². The predicted molar refractivity (Wildman–Crippen MR) is 267 cm³/mol. The van der Waals surface area contributed by atoms with Gasteiger partial charge in [-0.2, -0.15) is 10.5 Å². The minimum Gasteiger partial charge on any atom is -0.307 e. The van der Waals surface area contributed by atoms with Crippen LogP contribution in [-0.4, -0.2) is 13.7 Å². The molecule has 65 heavy (non-hydrogen) atoms. The van der Waals surface area contributed by atoms with Gasteiger partial charge in [0.1, 0.15) is 23.3 Å². The number of rotatable bonds is 5. The molecule has 5 heteroatoms. The van der Waals surface area contributed by atoms with Crippen LogP contribution in [0, 0.1) is 22.7 Å². The normalized spacial score (nSPS) is 11.7. The molecule has 0 fully saturated rings. The van der Waals surface area contributed by atoms with E-state index < -0.39 is 0 Å². The Labute approximate surface area is 373 Å². The predicted octanol–water partition coefficient (Wildman–Crippen LogP) is 15.2. The van der Waals surface area contributed by atoms with Crippen LogP contribution < -0.4 is 0 Å². The Hall–Kier alpha value is -9.16. The first-order valence-corrected chi connectivity index (χ1v) is 21.8. The van der Waals surface area contributed by atoms with E-state index in [1.165, 1.54) is 0 Å². The molecule has 0 unspecified atom stereocenters. The van der Waals surface area contributed by atoms with Crippen LogP contribution in [0.5, 0.6) is 0 Å². The lowest BCUT2D eigenvalue weighted by molar-refractivity contribution is 1.08. The third-order valence-electron chi connectivity index (χ3n) is 13.3. The lowest BCUT2D eigenvalue weighted by atomic mass is 9.90. The third-order valence-corrected chi connectivity index (χ3v) is 13.3. The molecule has 0 aliphatic carbocycles. The van der Waals surface area contributed by atoms with E-state index in [1.807, 2.05) is 12.1 Å². The number of hydrogen-bond donors (Lipinski definition) is 0. The van der Waals surface area contributed by atoms with Gasteiger partial charge in [-0.3, -0.25) is 0 Å². The zero-order valence-corrected chi connectivity index (χ0v) is 34.9. The van der Waals surface area contributed by atoms with Gasteiger partial charge in [0.25, 0.3) is 0 Å². The van der Waals surface area contributed by atoms with Gasteiger partial charge in [-0.15, -0.1) is 0 Å². The van der Waals surface area contributed by atoms with Crippen molar-refractivity contribution in [3.8, 4) is 51.5 Å². The second kappa shape index (κ2) is 14.2. The number of hydrogen-bond acceptors (Lipinski definition) is 2. The van der Waals surface area contributed by atoms with Crippen molar-refractivity contribution in [2.45, 2.75) is 0 Å². The van der Waals surface area contributed by atoms with E-state index in [4.69, 9.17) is 0 Å². The molecule has 0 bridgehead atoms. The molecule has 0 spiro atoms. The maximum Gasteiger partial charge on any atom is 0.104 e. The second-order valence-corrected chi connectivity index (χ2v) is 16.6. The zero-order valence-electron chi connectivity index (χ0n) is 34.9. The Balaban J connectivity index is 1.31. The van der Waals surface area contributed by atoms with Gasteiger partial charge < -0.3 is 13.7 Å². The molecule has 0 N–H and O–H groups in total. The van der Waals surface area contributed by atoms with Gasteiger partial charge in [0, 0.05) is 37.9 Å². The Morgan fingerprint density at radius 3 is 1.15 bits per heavy atom. The maximum atomic E-state index is 12.1. The second-order valence-electron chi connectivity index (χ2n) is 16.6. The summed E-state index contributed by atoms with van der Waals surface area (Å²) >= 11 is 0. The summed E-state index contributed by atoms with van der Waals surface area (Å²) in [4.78, 5) is 0. The van der Waals surface area contributed by atoms with E-state index in [0.717, 1.165) is 98.4 Å². The van der Waals surface area contributed by atoms with E-state index in [1.54, 1.807) is 0 Å². The van der Waals surface area contributed by atoms with Crippen molar-refractivity contribution in [2.24, 2.45) is 0 Å². The Kier molecular flexibility index (Phi) is 7.97. The summed E-state index contributed by atoms with van der Waals surface area (Å²) in [6.07, 6.45) is 0. The molecular weight excluding hydrogens is 791 g/mol. The molecule has 3 aromatic heterocycles. The summed E-state index contributed by atoms with van der Waals surface area (Å²) in [7, 11) is 0. The summed E-state index contributed by atoms with van der Waals surface area (Å²) in [5, 5.41) is 32.8. The van der Waals surface area contributed by atoms with E-state index in [9.17, 15) is 10.5 Å². The highest BCUT2D eigenvalue weighted by atomic mass is 15.1. The Morgan fingerprint density at radius 2 is 0.662 bits per heavy atom. The summed E-state index contributed by atoms with van der Waals surface area (Å²) in [5.74, 6) is 0. The number of fused-ring (bicyclic) bond motifs is 10. The molecule has 0 amide bonds. The monoisotopic (exact) mass is 825 g/mol. The first-order valence-electron chi connectivity index (χ1n) is 21.8. The van der Waals surface area contributed by atoms with Crippen molar-refractivity contribution in [3.63, 3.8) is 0 Å². The zero-order chi connectivity index (χ0) is 43.2. The lowest BCUT2D eigenvalue weighted by Crippen LogP contribution is -2.14. The van der Waals surface area contributed by atoms with Crippen LogP contribution in [0.1, 0.15) is 11.1 Å². The Bertz CT molecular complexity index is 3950. The smallest absolute Gasteiger partial charge is 0.104 e. The largest absolute Gasteiger partial charge is 0.307 e. The molecule has 300 valence electrons. The SMILES string of the molecule is N#Cc1c(-n2c3ccccc3c3cc(-c4ccccc4)ccc32)c(C#N)c(-n2c3ccccc3c3ccccc32)c(-c2ccc3ccccc3c2)c1-n1c2ccccc2c2ccccc21. The number of nitrogens with zero attached hydrogens (tertiary/aromatic N) is 5. The first-order chi connectivity index (χ1) is 32.2. The van der Waals surface area contributed by atoms with Gasteiger partial charge in [0.15, 0.2) is 0 Å². The van der Waals surface area contributed by atoms with Crippen LogP contribution in [0.2, 0.25) is 0 Å². The van der Waals surface area contributed by atoms with Crippen molar-refractivity contribution in [2.75, 3.05) is 0 Å². The topological polar surface area (TPSA) is 62.4 Å². The number of nitriles is 2. The minimum atomic E-state index is 0.399. The number of aromatic nitrogens is 3. The van der Waals surface area contributed by atoms with Gasteiger partial charge in [-0.1, -0.05) is 164 Å². The first kappa shape index (κ1) is 36.5. The number of para-hydroxylation sites is 5. The molecule has 0 atom stereocenters. The van der Waals surface area contributed by atoms with Crippen LogP contribution >= 0.6 is 0 Å². The Morgan fingerprint density at radius 1 is 0.277 bits per heavy atom. The quantitative estimate of drug-likeness (QED) is 0.173. The van der Waals surface area contributed by atoms with Gasteiger partial charge in [0.2, 0.25) is 0 Å². The fraction of sp³-hybridized carbons (Fsp3) is 0. The molecule has 13 rings (SSSR count). The summed E-state index contributed by atoms with van der Waals surface area (Å²) < 4.78 is 6.73. The van der Waals surface area contributed by atoms with Crippen molar-refractivity contribution >= 4 is 76.2 Å².